The van der Waals surface area contributed by atoms with Crippen LogP contribution in [0, 0.1) is 11.2 Å². The lowest BCUT2D eigenvalue weighted by atomic mass is 9.80. The largest absolute Gasteiger partial charge is 0.395 e. The molecule has 1 amide bonds. The summed E-state index contributed by atoms with van der Waals surface area (Å²) in [7, 11) is 0. The van der Waals surface area contributed by atoms with Crippen LogP contribution in [-0.4, -0.2) is 23.7 Å². The Morgan fingerprint density at radius 1 is 1.27 bits per heavy atom. The van der Waals surface area contributed by atoms with E-state index >= 15 is 0 Å². The smallest absolute Gasteiger partial charge is 0.228 e. The average molecular weight is 376 g/mol. The fraction of sp³-hybridized carbons (Fsp3) is 0.381. The molecule has 1 saturated heterocycles. The van der Waals surface area contributed by atoms with Crippen LogP contribution in [0.2, 0.25) is 5.02 Å². The third-order valence-electron chi connectivity index (χ3n) is 5.16. The van der Waals surface area contributed by atoms with Crippen LogP contribution in [0.15, 0.2) is 42.5 Å². The molecule has 3 nitrogen and oxygen atoms in total. The van der Waals surface area contributed by atoms with Crippen molar-refractivity contribution in [2.45, 2.75) is 38.6 Å². The summed E-state index contributed by atoms with van der Waals surface area (Å²) in [5.41, 5.74) is 1.65. The minimum atomic E-state index is -0.650. The lowest BCUT2D eigenvalue weighted by molar-refractivity contribution is -0.130. The fourth-order valence-electron chi connectivity index (χ4n) is 3.81. The van der Waals surface area contributed by atoms with E-state index in [-0.39, 0.29) is 24.4 Å². The van der Waals surface area contributed by atoms with Gasteiger partial charge in [0.1, 0.15) is 5.82 Å². The van der Waals surface area contributed by atoms with Gasteiger partial charge in [0.2, 0.25) is 5.91 Å². The molecule has 2 atom stereocenters. The van der Waals surface area contributed by atoms with Gasteiger partial charge in [0.15, 0.2) is 0 Å². The first-order valence-electron chi connectivity index (χ1n) is 8.93. The molecule has 0 aliphatic carbocycles. The Kier molecular flexibility index (Phi) is 5.64. The maximum absolute atomic E-state index is 14.0. The topological polar surface area (TPSA) is 49.3 Å². The predicted octanol–water partition coefficient (Wildman–Crippen LogP) is 4.36. The van der Waals surface area contributed by atoms with Crippen LogP contribution >= 0.6 is 11.6 Å². The summed E-state index contributed by atoms with van der Waals surface area (Å²) >= 11 is 5.96. The number of rotatable bonds is 6. The molecule has 2 N–H and O–H groups in total. The number of amides is 1. The first-order valence-corrected chi connectivity index (χ1v) is 9.31. The molecule has 5 heteroatoms. The van der Waals surface area contributed by atoms with Gasteiger partial charge in [0.05, 0.1) is 12.0 Å². The van der Waals surface area contributed by atoms with Crippen molar-refractivity contribution in [1.29, 1.82) is 0 Å². The second-order valence-electron chi connectivity index (χ2n) is 7.09. The molecule has 2 aromatic carbocycles. The second-order valence-corrected chi connectivity index (χ2v) is 7.52. The summed E-state index contributed by atoms with van der Waals surface area (Å²) in [6, 6.07) is 12.1. The highest BCUT2D eigenvalue weighted by molar-refractivity contribution is 6.30. The molecule has 0 radical (unpaired) electrons. The van der Waals surface area contributed by atoms with Gasteiger partial charge < -0.3 is 10.4 Å². The molecule has 1 aliphatic heterocycles. The van der Waals surface area contributed by atoms with Crippen molar-refractivity contribution >= 4 is 17.5 Å². The molecule has 138 valence electrons. The number of carbonyl (C=O) groups excluding carboxylic acids is 1. The van der Waals surface area contributed by atoms with Crippen molar-refractivity contribution in [3.63, 3.8) is 0 Å². The monoisotopic (exact) mass is 375 g/mol. The molecular weight excluding hydrogens is 353 g/mol. The number of benzene rings is 2. The van der Waals surface area contributed by atoms with Crippen molar-refractivity contribution in [3.05, 3.63) is 58.9 Å². The van der Waals surface area contributed by atoms with Gasteiger partial charge in [-0.05, 0) is 48.6 Å². The van der Waals surface area contributed by atoms with Crippen LogP contribution in [-0.2, 0) is 11.2 Å². The molecule has 0 saturated carbocycles. The van der Waals surface area contributed by atoms with Crippen molar-refractivity contribution in [2.75, 3.05) is 6.61 Å². The lowest BCUT2D eigenvalue weighted by Gasteiger charge is -2.22. The lowest BCUT2D eigenvalue weighted by Crippen LogP contribution is -2.35. The van der Waals surface area contributed by atoms with E-state index in [9.17, 15) is 14.3 Å². The number of halogens is 2. The Hall–Kier alpha value is -1.91. The van der Waals surface area contributed by atoms with E-state index < -0.39 is 5.41 Å². The van der Waals surface area contributed by atoms with Gasteiger partial charge in [0, 0.05) is 16.6 Å². The minimum Gasteiger partial charge on any atom is -0.395 e. The molecule has 0 spiro atoms. The number of aliphatic hydroxyl groups excluding tert-OH is 1. The molecule has 1 aliphatic rings. The maximum atomic E-state index is 14.0. The molecular formula is C21H23ClFNO2. The molecule has 1 fully saturated rings. The zero-order chi connectivity index (χ0) is 18.7. The van der Waals surface area contributed by atoms with Gasteiger partial charge in [0.25, 0.3) is 0 Å². The molecule has 26 heavy (non-hydrogen) atoms. The number of hydrogen-bond acceptors (Lipinski definition) is 2. The Labute approximate surface area is 158 Å². The molecule has 2 unspecified atom stereocenters. The summed E-state index contributed by atoms with van der Waals surface area (Å²) in [5, 5.41) is 13.2. The van der Waals surface area contributed by atoms with Gasteiger partial charge in [-0.25, -0.2) is 4.39 Å². The van der Waals surface area contributed by atoms with Crippen LogP contribution in [0.5, 0.6) is 0 Å². The Morgan fingerprint density at radius 2 is 2.00 bits per heavy atom. The second kappa shape index (κ2) is 7.77. The summed E-state index contributed by atoms with van der Waals surface area (Å²) in [6.07, 6.45) is 2.88. The van der Waals surface area contributed by atoms with Crippen LogP contribution in [0.3, 0.4) is 0 Å². The quantitative estimate of drug-likeness (QED) is 0.788. The van der Waals surface area contributed by atoms with Gasteiger partial charge in [-0.15, -0.1) is 0 Å². The first-order chi connectivity index (χ1) is 12.5. The number of hydrogen-bond donors (Lipinski definition) is 2. The Bertz CT molecular complexity index is 793. The van der Waals surface area contributed by atoms with E-state index in [0.717, 1.165) is 17.5 Å². The normalized spacial score (nSPS) is 22.5. The fourth-order valence-corrected chi connectivity index (χ4v) is 3.98. The molecule has 2 aromatic rings. The Balaban J connectivity index is 1.72. The van der Waals surface area contributed by atoms with Crippen LogP contribution in [0.1, 0.15) is 31.7 Å². The maximum Gasteiger partial charge on any atom is 0.228 e. The number of aliphatic hydroxyl groups is 1. The average Bonchev–Trinajstić information content (AvgIpc) is 2.94. The molecule has 1 heterocycles. The number of nitrogens with one attached hydrogen (secondary N) is 1. The summed E-state index contributed by atoms with van der Waals surface area (Å²) < 4.78 is 14.0. The summed E-state index contributed by atoms with van der Waals surface area (Å²) in [6.45, 7) is 1.90. The zero-order valence-corrected chi connectivity index (χ0v) is 15.5. The Morgan fingerprint density at radius 3 is 2.65 bits per heavy atom. The van der Waals surface area contributed by atoms with Gasteiger partial charge in [-0.1, -0.05) is 49.2 Å². The predicted molar refractivity (Wildman–Crippen MR) is 102 cm³/mol. The van der Waals surface area contributed by atoms with Crippen molar-refractivity contribution in [2.24, 2.45) is 5.41 Å². The highest BCUT2D eigenvalue weighted by Crippen LogP contribution is 2.36. The van der Waals surface area contributed by atoms with Crippen LogP contribution in [0.25, 0.3) is 11.1 Å². The molecule has 3 rings (SSSR count). The van der Waals surface area contributed by atoms with E-state index in [2.05, 4.69) is 5.32 Å². The van der Waals surface area contributed by atoms with Crippen molar-refractivity contribution in [3.8, 4) is 11.1 Å². The van der Waals surface area contributed by atoms with E-state index in [4.69, 9.17) is 11.6 Å². The van der Waals surface area contributed by atoms with Gasteiger partial charge in [-0.3, -0.25) is 4.79 Å². The minimum absolute atomic E-state index is 0.00922. The van der Waals surface area contributed by atoms with E-state index in [1.54, 1.807) is 6.07 Å². The summed E-state index contributed by atoms with van der Waals surface area (Å²) in [5.74, 6) is -0.359. The van der Waals surface area contributed by atoms with Crippen LogP contribution in [0.4, 0.5) is 4.39 Å². The summed E-state index contributed by atoms with van der Waals surface area (Å²) in [4.78, 5) is 12.3. The highest BCUT2D eigenvalue weighted by Gasteiger charge is 2.45. The standard InChI is InChI=1S/C21H23ClFNO2/c1-2-9-21(13-25)12-17(24-20(21)26)10-14-3-5-15(6-4-14)18-11-16(22)7-8-19(18)23/h3-8,11,17,25H,2,9-10,12-13H2,1H3,(H,24,26). The van der Waals surface area contributed by atoms with Crippen molar-refractivity contribution < 1.29 is 14.3 Å². The van der Waals surface area contributed by atoms with E-state index in [0.29, 0.717) is 29.8 Å². The SMILES string of the molecule is CCCC1(CO)CC(Cc2ccc(-c3cc(Cl)ccc3F)cc2)NC1=O. The molecule has 0 aromatic heterocycles. The van der Waals surface area contributed by atoms with Crippen LogP contribution < -0.4 is 5.32 Å². The van der Waals surface area contributed by atoms with E-state index in [1.165, 1.54) is 12.1 Å². The zero-order valence-electron chi connectivity index (χ0n) is 14.8. The molecule has 0 bridgehead atoms. The van der Waals surface area contributed by atoms with Gasteiger partial charge >= 0.3 is 0 Å². The van der Waals surface area contributed by atoms with Gasteiger partial charge in [-0.2, -0.15) is 0 Å². The first kappa shape index (κ1) is 18.9. The number of carbonyl (C=O) groups is 1. The van der Waals surface area contributed by atoms with Crippen molar-refractivity contribution in [1.82, 2.24) is 5.32 Å². The third kappa shape index (κ3) is 3.76. The third-order valence-corrected chi connectivity index (χ3v) is 5.40. The van der Waals surface area contributed by atoms with E-state index in [1.807, 2.05) is 31.2 Å². The highest BCUT2D eigenvalue weighted by atomic mass is 35.5.